The molecule has 0 unspecified atom stereocenters. The van der Waals surface area contributed by atoms with Gasteiger partial charge in [0.25, 0.3) is 5.91 Å². The molecule has 90 valence electrons. The van der Waals surface area contributed by atoms with Crippen molar-refractivity contribution in [2.24, 2.45) is 0 Å². The number of hydrogen-bond acceptors (Lipinski definition) is 2. The Morgan fingerprint density at radius 1 is 1.53 bits per heavy atom. The van der Waals surface area contributed by atoms with Crippen LogP contribution in [-0.4, -0.2) is 12.5 Å². The van der Waals surface area contributed by atoms with E-state index in [1.54, 1.807) is 0 Å². The maximum Gasteiger partial charge on any atom is 0.387 e. The molecule has 0 aliphatic rings. The molecular weight excluding hydrogens is 235 g/mol. The predicted molar refractivity (Wildman–Crippen MR) is 55.4 cm³/mol. The van der Waals surface area contributed by atoms with Crippen molar-refractivity contribution in [3.05, 3.63) is 42.4 Å². The van der Waals surface area contributed by atoms with Crippen LogP contribution in [0.5, 0.6) is 5.75 Å². The summed E-state index contributed by atoms with van der Waals surface area (Å²) in [6.07, 6.45) is 1.01. The first-order chi connectivity index (χ1) is 8.02. The predicted octanol–water partition coefficient (Wildman–Crippen LogP) is 2.71. The second-order valence-corrected chi connectivity index (χ2v) is 2.86. The van der Waals surface area contributed by atoms with Gasteiger partial charge >= 0.3 is 6.61 Å². The standard InChI is InChI=1S/C11H8F3NO2/c1-2-3-10(16)15-7-4-5-8(12)9(6-7)17-11(13)14/h3-6,11H,1H2,(H,15,16). The third-order valence-corrected chi connectivity index (χ3v) is 1.65. The molecule has 0 aromatic heterocycles. The highest BCUT2D eigenvalue weighted by molar-refractivity contribution is 5.99. The van der Waals surface area contributed by atoms with E-state index in [-0.39, 0.29) is 5.69 Å². The first kappa shape index (κ1) is 12.9. The van der Waals surface area contributed by atoms with Gasteiger partial charge in [-0.05, 0) is 12.1 Å². The monoisotopic (exact) mass is 243 g/mol. The van der Waals surface area contributed by atoms with Gasteiger partial charge in [0.15, 0.2) is 11.6 Å². The maximum absolute atomic E-state index is 13.0. The highest BCUT2D eigenvalue weighted by Gasteiger charge is 2.11. The molecule has 0 saturated carbocycles. The Labute approximate surface area is 95.2 Å². The number of carbonyl (C=O) groups excluding carboxylic acids is 1. The van der Waals surface area contributed by atoms with E-state index in [2.05, 4.69) is 22.4 Å². The first-order valence-electron chi connectivity index (χ1n) is 4.44. The molecule has 1 aromatic carbocycles. The lowest BCUT2D eigenvalue weighted by Gasteiger charge is -2.08. The van der Waals surface area contributed by atoms with E-state index >= 15 is 0 Å². The Kier molecular flexibility index (Phi) is 4.37. The summed E-state index contributed by atoms with van der Waals surface area (Å²) >= 11 is 0. The molecule has 3 nitrogen and oxygen atoms in total. The maximum atomic E-state index is 13.0. The molecule has 1 N–H and O–H groups in total. The van der Waals surface area contributed by atoms with Crippen LogP contribution in [-0.2, 0) is 4.79 Å². The number of rotatable bonds is 4. The van der Waals surface area contributed by atoms with Crippen LogP contribution in [0.2, 0.25) is 0 Å². The van der Waals surface area contributed by atoms with Gasteiger partial charge in [-0.1, -0.05) is 6.58 Å². The zero-order chi connectivity index (χ0) is 12.8. The summed E-state index contributed by atoms with van der Waals surface area (Å²) in [5, 5.41) is 2.30. The lowest BCUT2D eigenvalue weighted by Crippen LogP contribution is -2.09. The normalized spacial score (nSPS) is 9.65. The van der Waals surface area contributed by atoms with Gasteiger partial charge in [0, 0.05) is 17.8 Å². The zero-order valence-electron chi connectivity index (χ0n) is 8.54. The topological polar surface area (TPSA) is 38.3 Å². The average molecular weight is 243 g/mol. The minimum atomic E-state index is -3.14. The first-order valence-corrected chi connectivity index (χ1v) is 4.44. The SMILES string of the molecule is C=C=CC(=O)Nc1ccc(F)c(OC(F)F)c1. The van der Waals surface area contributed by atoms with Gasteiger partial charge in [-0.15, -0.1) is 5.73 Å². The van der Waals surface area contributed by atoms with Crippen molar-refractivity contribution in [3.8, 4) is 5.75 Å². The molecule has 1 rings (SSSR count). The van der Waals surface area contributed by atoms with Gasteiger partial charge in [-0.2, -0.15) is 8.78 Å². The Bertz CT molecular complexity index is 468. The minimum Gasteiger partial charge on any atom is -0.432 e. The van der Waals surface area contributed by atoms with Crippen LogP contribution in [0.15, 0.2) is 36.6 Å². The number of alkyl halides is 2. The van der Waals surface area contributed by atoms with E-state index in [0.717, 1.165) is 18.2 Å². The number of hydrogen-bond donors (Lipinski definition) is 1. The number of nitrogens with one attached hydrogen (secondary N) is 1. The van der Waals surface area contributed by atoms with E-state index in [1.807, 2.05) is 0 Å². The summed E-state index contributed by atoms with van der Waals surface area (Å²) in [4.78, 5) is 11.1. The molecule has 1 amide bonds. The van der Waals surface area contributed by atoms with Crippen molar-refractivity contribution in [2.75, 3.05) is 5.32 Å². The van der Waals surface area contributed by atoms with E-state index in [0.29, 0.717) is 0 Å². The lowest BCUT2D eigenvalue weighted by atomic mass is 10.3. The van der Waals surface area contributed by atoms with Crippen molar-refractivity contribution in [2.45, 2.75) is 6.61 Å². The van der Waals surface area contributed by atoms with Crippen LogP contribution in [0, 0.1) is 5.82 Å². The second-order valence-electron chi connectivity index (χ2n) is 2.86. The van der Waals surface area contributed by atoms with E-state index in [4.69, 9.17) is 0 Å². The van der Waals surface area contributed by atoms with Crippen LogP contribution in [0.1, 0.15) is 0 Å². The number of halogens is 3. The fourth-order valence-electron chi connectivity index (χ4n) is 1.04. The Morgan fingerprint density at radius 3 is 2.82 bits per heavy atom. The molecule has 0 spiro atoms. The number of carbonyl (C=O) groups is 1. The average Bonchev–Trinajstić information content (AvgIpc) is 2.22. The van der Waals surface area contributed by atoms with Crippen LogP contribution in [0.3, 0.4) is 0 Å². The third kappa shape index (κ3) is 4.04. The van der Waals surface area contributed by atoms with Crippen molar-refractivity contribution in [1.29, 1.82) is 0 Å². The molecule has 1 aromatic rings. The molecule has 0 bridgehead atoms. The van der Waals surface area contributed by atoms with E-state index in [1.165, 1.54) is 6.07 Å². The van der Waals surface area contributed by atoms with Crippen LogP contribution >= 0.6 is 0 Å². The fraction of sp³-hybridized carbons (Fsp3) is 0.0909. The fourth-order valence-corrected chi connectivity index (χ4v) is 1.04. The summed E-state index contributed by atoms with van der Waals surface area (Å²) in [6.45, 7) is 0.0524. The van der Waals surface area contributed by atoms with Gasteiger partial charge < -0.3 is 10.1 Å². The number of anilines is 1. The van der Waals surface area contributed by atoms with Crippen molar-refractivity contribution < 1.29 is 22.7 Å². The second kappa shape index (κ2) is 5.77. The van der Waals surface area contributed by atoms with Gasteiger partial charge in [-0.25, -0.2) is 4.39 Å². The molecule has 0 heterocycles. The Morgan fingerprint density at radius 2 is 2.24 bits per heavy atom. The molecule has 0 aliphatic heterocycles. The van der Waals surface area contributed by atoms with Gasteiger partial charge in [0.1, 0.15) is 0 Å². The summed E-state index contributed by atoms with van der Waals surface area (Å²) in [6, 6.07) is 3.07. The smallest absolute Gasteiger partial charge is 0.387 e. The summed E-state index contributed by atoms with van der Waals surface area (Å²) < 4.78 is 40.8. The van der Waals surface area contributed by atoms with E-state index < -0.39 is 24.1 Å². The summed E-state index contributed by atoms with van der Waals surface area (Å²) in [7, 11) is 0. The third-order valence-electron chi connectivity index (χ3n) is 1.65. The number of ether oxygens (including phenoxy) is 1. The highest BCUT2D eigenvalue weighted by atomic mass is 19.3. The molecule has 0 saturated heterocycles. The van der Waals surface area contributed by atoms with Crippen LogP contribution in [0.25, 0.3) is 0 Å². The molecular formula is C11H8F3NO2. The van der Waals surface area contributed by atoms with Gasteiger partial charge in [-0.3, -0.25) is 4.79 Å². The molecule has 0 fully saturated rings. The molecule has 0 radical (unpaired) electrons. The Balaban J connectivity index is 2.88. The lowest BCUT2D eigenvalue weighted by molar-refractivity contribution is -0.111. The molecule has 6 heteroatoms. The highest BCUT2D eigenvalue weighted by Crippen LogP contribution is 2.23. The number of benzene rings is 1. The van der Waals surface area contributed by atoms with Crippen molar-refractivity contribution in [3.63, 3.8) is 0 Å². The molecule has 0 atom stereocenters. The zero-order valence-corrected chi connectivity index (χ0v) is 8.54. The number of amides is 1. The largest absolute Gasteiger partial charge is 0.432 e. The summed E-state index contributed by atoms with van der Waals surface area (Å²) in [5.41, 5.74) is 2.36. The summed E-state index contributed by atoms with van der Waals surface area (Å²) in [5.74, 6) is -2.14. The van der Waals surface area contributed by atoms with E-state index in [9.17, 15) is 18.0 Å². The van der Waals surface area contributed by atoms with Crippen molar-refractivity contribution in [1.82, 2.24) is 0 Å². The van der Waals surface area contributed by atoms with Crippen LogP contribution < -0.4 is 10.1 Å². The minimum absolute atomic E-state index is 0.124. The molecule has 17 heavy (non-hydrogen) atoms. The van der Waals surface area contributed by atoms with Crippen LogP contribution in [0.4, 0.5) is 18.9 Å². The Hall–Kier alpha value is -2.20. The quantitative estimate of drug-likeness (QED) is 0.652. The van der Waals surface area contributed by atoms with Gasteiger partial charge in [0.2, 0.25) is 0 Å². The van der Waals surface area contributed by atoms with Crippen molar-refractivity contribution >= 4 is 11.6 Å². The van der Waals surface area contributed by atoms with Gasteiger partial charge in [0.05, 0.1) is 0 Å². The molecule has 0 aliphatic carbocycles.